The maximum atomic E-state index is 11.8. The van der Waals surface area contributed by atoms with Crippen molar-refractivity contribution in [3.05, 3.63) is 0 Å². The molecule has 1 amide bonds. The summed E-state index contributed by atoms with van der Waals surface area (Å²) >= 11 is 0. The first-order chi connectivity index (χ1) is 13.1. The molecular formula is C23H43NO3. The van der Waals surface area contributed by atoms with E-state index in [4.69, 9.17) is 4.74 Å². The number of nitrogens with zero attached hydrogens (tertiary/aromatic N) is 1. The molecule has 0 atom stereocenters. The lowest BCUT2D eigenvalue weighted by atomic mass is 10.0. The van der Waals surface area contributed by atoms with E-state index in [0.717, 1.165) is 25.7 Å². The van der Waals surface area contributed by atoms with Crippen molar-refractivity contribution < 1.29 is 14.3 Å². The highest BCUT2D eigenvalue weighted by Gasteiger charge is 2.32. The van der Waals surface area contributed by atoms with Crippen molar-refractivity contribution in [2.24, 2.45) is 5.92 Å². The number of hydrogen-bond acceptors (Lipinski definition) is 3. The summed E-state index contributed by atoms with van der Waals surface area (Å²) in [6, 6.07) is 0. The van der Waals surface area contributed by atoms with E-state index in [1.54, 1.807) is 7.05 Å². The van der Waals surface area contributed by atoms with Crippen LogP contribution in [0.15, 0.2) is 0 Å². The zero-order chi connectivity index (χ0) is 19.7. The van der Waals surface area contributed by atoms with Crippen molar-refractivity contribution in [3.63, 3.8) is 0 Å². The molecule has 1 fully saturated rings. The van der Waals surface area contributed by atoms with Gasteiger partial charge in [-0.05, 0) is 19.3 Å². The summed E-state index contributed by atoms with van der Waals surface area (Å²) in [5.74, 6) is -0.0294. The summed E-state index contributed by atoms with van der Waals surface area (Å²) in [5.41, 5.74) is 0. The highest BCUT2D eigenvalue weighted by Crippen LogP contribution is 2.30. The van der Waals surface area contributed by atoms with E-state index in [1.807, 2.05) is 0 Å². The SMILES string of the molecule is CCCCCCCCCCCCCCCCOC(=O)CN(C)C(=O)C1CC1. The van der Waals surface area contributed by atoms with Crippen molar-refractivity contribution in [3.8, 4) is 0 Å². The molecule has 158 valence electrons. The smallest absolute Gasteiger partial charge is 0.325 e. The van der Waals surface area contributed by atoms with Crippen LogP contribution in [0.2, 0.25) is 0 Å². The van der Waals surface area contributed by atoms with Crippen LogP contribution in [-0.2, 0) is 14.3 Å². The molecule has 27 heavy (non-hydrogen) atoms. The van der Waals surface area contributed by atoms with Gasteiger partial charge in [-0.25, -0.2) is 0 Å². The largest absolute Gasteiger partial charge is 0.464 e. The van der Waals surface area contributed by atoms with Crippen molar-refractivity contribution in [1.29, 1.82) is 0 Å². The van der Waals surface area contributed by atoms with Gasteiger partial charge in [-0.15, -0.1) is 0 Å². The fourth-order valence-corrected chi connectivity index (χ4v) is 3.44. The van der Waals surface area contributed by atoms with Crippen LogP contribution in [-0.4, -0.2) is 37.0 Å². The summed E-state index contributed by atoms with van der Waals surface area (Å²) in [7, 11) is 1.69. The van der Waals surface area contributed by atoms with Gasteiger partial charge in [0.2, 0.25) is 5.91 Å². The minimum absolute atomic E-state index is 0.0865. The molecule has 4 heteroatoms. The maximum absolute atomic E-state index is 11.8. The Morgan fingerprint density at radius 1 is 0.778 bits per heavy atom. The second-order valence-corrected chi connectivity index (χ2v) is 8.29. The fraction of sp³-hybridized carbons (Fsp3) is 0.913. The van der Waals surface area contributed by atoms with Gasteiger partial charge < -0.3 is 9.64 Å². The van der Waals surface area contributed by atoms with Crippen LogP contribution in [0.4, 0.5) is 0 Å². The molecule has 0 heterocycles. The number of ether oxygens (including phenoxy) is 1. The Morgan fingerprint density at radius 2 is 1.22 bits per heavy atom. The normalized spacial score (nSPS) is 13.6. The number of hydrogen-bond donors (Lipinski definition) is 0. The van der Waals surface area contributed by atoms with E-state index in [0.29, 0.717) is 6.61 Å². The first kappa shape index (κ1) is 24.0. The summed E-state index contributed by atoms with van der Waals surface area (Å²) in [4.78, 5) is 25.0. The molecule has 1 aliphatic carbocycles. The van der Waals surface area contributed by atoms with Crippen LogP contribution in [0.5, 0.6) is 0 Å². The lowest BCUT2D eigenvalue weighted by Crippen LogP contribution is -2.34. The molecule has 0 aromatic carbocycles. The van der Waals surface area contributed by atoms with Gasteiger partial charge >= 0.3 is 5.97 Å². The van der Waals surface area contributed by atoms with E-state index in [-0.39, 0.29) is 24.3 Å². The Morgan fingerprint density at radius 3 is 1.67 bits per heavy atom. The molecule has 1 aliphatic rings. The maximum Gasteiger partial charge on any atom is 0.325 e. The molecule has 0 radical (unpaired) electrons. The molecule has 0 aromatic rings. The van der Waals surface area contributed by atoms with Crippen LogP contribution in [0.25, 0.3) is 0 Å². The Hall–Kier alpha value is -1.06. The van der Waals surface area contributed by atoms with Gasteiger partial charge in [-0.1, -0.05) is 90.4 Å². The van der Waals surface area contributed by atoms with Crippen LogP contribution in [0.1, 0.15) is 110 Å². The van der Waals surface area contributed by atoms with Crippen molar-refractivity contribution >= 4 is 11.9 Å². The number of esters is 1. The van der Waals surface area contributed by atoms with Gasteiger partial charge in [0, 0.05) is 13.0 Å². The number of likely N-dealkylation sites (N-methyl/N-ethyl adjacent to an activating group) is 1. The molecule has 4 nitrogen and oxygen atoms in total. The second-order valence-electron chi connectivity index (χ2n) is 8.29. The third-order valence-electron chi connectivity index (χ3n) is 5.43. The monoisotopic (exact) mass is 381 g/mol. The van der Waals surface area contributed by atoms with Gasteiger partial charge in [-0.2, -0.15) is 0 Å². The van der Waals surface area contributed by atoms with E-state index >= 15 is 0 Å². The predicted molar refractivity (Wildman–Crippen MR) is 112 cm³/mol. The van der Waals surface area contributed by atoms with Crippen LogP contribution in [0.3, 0.4) is 0 Å². The lowest BCUT2D eigenvalue weighted by Gasteiger charge is -2.15. The quantitative estimate of drug-likeness (QED) is 0.220. The lowest BCUT2D eigenvalue weighted by molar-refractivity contribution is -0.149. The molecule has 1 rings (SSSR count). The van der Waals surface area contributed by atoms with E-state index in [9.17, 15) is 9.59 Å². The average Bonchev–Trinajstić information content (AvgIpc) is 3.49. The highest BCUT2D eigenvalue weighted by atomic mass is 16.5. The average molecular weight is 382 g/mol. The predicted octanol–water partition coefficient (Wildman–Crippen LogP) is 5.88. The van der Waals surface area contributed by atoms with Gasteiger partial charge in [-0.3, -0.25) is 9.59 Å². The van der Waals surface area contributed by atoms with Crippen LogP contribution < -0.4 is 0 Å². The Labute approximate surface area is 167 Å². The Bertz CT molecular complexity index is 393. The molecule has 0 saturated heterocycles. The Balaban J connectivity index is 1.77. The fourth-order valence-electron chi connectivity index (χ4n) is 3.44. The van der Waals surface area contributed by atoms with Gasteiger partial charge in [0.05, 0.1) is 6.61 Å². The summed E-state index contributed by atoms with van der Waals surface area (Å²) in [6.45, 7) is 2.85. The molecule has 0 bridgehead atoms. The van der Waals surface area contributed by atoms with Crippen molar-refractivity contribution in [2.45, 2.75) is 110 Å². The number of carbonyl (C=O) groups excluding carboxylic acids is 2. The molecule has 0 spiro atoms. The highest BCUT2D eigenvalue weighted by molar-refractivity contribution is 5.84. The van der Waals surface area contributed by atoms with Gasteiger partial charge in [0.1, 0.15) is 6.54 Å². The van der Waals surface area contributed by atoms with Crippen LogP contribution in [0, 0.1) is 5.92 Å². The molecule has 0 N–H and O–H groups in total. The molecular weight excluding hydrogens is 338 g/mol. The molecule has 0 aliphatic heterocycles. The molecule has 0 unspecified atom stereocenters. The van der Waals surface area contributed by atoms with Crippen LogP contribution >= 0.6 is 0 Å². The summed E-state index contributed by atoms with van der Waals surface area (Å²) in [5, 5.41) is 0. The van der Waals surface area contributed by atoms with Crippen molar-refractivity contribution in [2.75, 3.05) is 20.2 Å². The number of rotatable bonds is 18. The van der Waals surface area contributed by atoms with Crippen molar-refractivity contribution in [1.82, 2.24) is 4.90 Å². The summed E-state index contributed by atoms with van der Waals surface area (Å²) < 4.78 is 5.24. The minimum atomic E-state index is -0.277. The zero-order valence-electron chi connectivity index (χ0n) is 18.0. The number of amides is 1. The molecule has 1 saturated carbocycles. The first-order valence-electron chi connectivity index (χ1n) is 11.6. The van der Waals surface area contributed by atoms with Gasteiger partial charge in [0.25, 0.3) is 0 Å². The first-order valence-corrected chi connectivity index (χ1v) is 11.6. The minimum Gasteiger partial charge on any atom is -0.464 e. The Kier molecular flexibility index (Phi) is 14.2. The number of unbranched alkanes of at least 4 members (excludes halogenated alkanes) is 13. The van der Waals surface area contributed by atoms with E-state index in [1.165, 1.54) is 81.9 Å². The number of carbonyl (C=O) groups is 2. The molecule has 0 aromatic heterocycles. The third kappa shape index (κ3) is 13.7. The topological polar surface area (TPSA) is 46.6 Å². The van der Waals surface area contributed by atoms with Gasteiger partial charge in [0.15, 0.2) is 0 Å². The zero-order valence-corrected chi connectivity index (χ0v) is 18.0. The summed E-state index contributed by atoms with van der Waals surface area (Å²) in [6.07, 6.45) is 20.4. The third-order valence-corrected chi connectivity index (χ3v) is 5.43. The standard InChI is InChI=1S/C23H43NO3/c1-3-4-5-6-7-8-9-10-11-12-13-14-15-16-19-27-22(25)20-24(2)23(26)21-17-18-21/h21H,3-20H2,1-2H3. The van der Waals surface area contributed by atoms with E-state index < -0.39 is 0 Å². The second kappa shape index (κ2) is 15.9. The van der Waals surface area contributed by atoms with E-state index in [2.05, 4.69) is 6.92 Å².